The first-order valence-electron chi connectivity index (χ1n) is 7.62. The molecule has 0 spiro atoms. The Labute approximate surface area is 139 Å². The van der Waals surface area contributed by atoms with E-state index in [1.54, 1.807) is 11.8 Å². The van der Waals surface area contributed by atoms with Crippen molar-refractivity contribution >= 4 is 21.8 Å². The van der Waals surface area contributed by atoms with Crippen LogP contribution in [0.2, 0.25) is 0 Å². The Hall–Kier alpha value is -0.560. The third-order valence-corrected chi connectivity index (χ3v) is 5.34. The summed E-state index contributed by atoms with van der Waals surface area (Å²) in [5.41, 5.74) is 0.780. The first-order valence-corrected chi connectivity index (χ1v) is 10.6. The van der Waals surface area contributed by atoms with E-state index in [2.05, 4.69) is 13.8 Å². The summed E-state index contributed by atoms with van der Waals surface area (Å²) in [5, 5.41) is 0. The van der Waals surface area contributed by atoms with Gasteiger partial charge in [-0.3, -0.25) is 4.84 Å². The summed E-state index contributed by atoms with van der Waals surface area (Å²) in [6.07, 6.45) is 3.87. The van der Waals surface area contributed by atoms with Gasteiger partial charge in [0.25, 0.3) is 0 Å². The largest absolute Gasteiger partial charge is 0.284 e. The van der Waals surface area contributed by atoms with E-state index in [4.69, 9.17) is 4.84 Å². The third-order valence-electron chi connectivity index (χ3n) is 3.14. The molecule has 0 fully saturated rings. The van der Waals surface area contributed by atoms with E-state index in [1.165, 1.54) is 4.47 Å². The van der Waals surface area contributed by atoms with Gasteiger partial charge in [0.2, 0.25) is 10.0 Å². The fraction of sp³-hybridized carbons (Fsp3) is 0.625. The van der Waals surface area contributed by atoms with E-state index in [-0.39, 0.29) is 5.75 Å². The summed E-state index contributed by atoms with van der Waals surface area (Å²) in [5.74, 6) is 1.30. The molecule has 0 saturated heterocycles. The van der Waals surface area contributed by atoms with Crippen LogP contribution in [0.3, 0.4) is 0 Å². The van der Waals surface area contributed by atoms with Crippen molar-refractivity contribution in [1.29, 1.82) is 0 Å². The molecule has 0 aromatic heterocycles. The molecular weight excluding hydrogens is 318 g/mol. The molecule has 22 heavy (non-hydrogen) atoms. The van der Waals surface area contributed by atoms with Crippen molar-refractivity contribution in [3.05, 3.63) is 35.9 Å². The van der Waals surface area contributed by atoms with E-state index in [0.29, 0.717) is 19.1 Å². The van der Waals surface area contributed by atoms with E-state index in [0.717, 1.165) is 24.2 Å². The van der Waals surface area contributed by atoms with Gasteiger partial charge in [0.1, 0.15) is 0 Å². The number of thioether (sulfide) groups is 1. The molecule has 0 unspecified atom stereocenters. The topological polar surface area (TPSA) is 46.6 Å². The molecule has 0 N–H and O–H groups in total. The number of hydrogen-bond acceptors (Lipinski definition) is 4. The highest BCUT2D eigenvalue weighted by atomic mass is 32.2. The summed E-state index contributed by atoms with van der Waals surface area (Å²) in [4.78, 5) is 5.56. The molecule has 0 bridgehead atoms. The molecule has 0 aliphatic rings. The van der Waals surface area contributed by atoms with Gasteiger partial charge in [-0.2, -0.15) is 11.8 Å². The van der Waals surface area contributed by atoms with Gasteiger partial charge in [-0.05, 0) is 30.6 Å². The lowest BCUT2D eigenvalue weighted by Gasteiger charge is -2.21. The first kappa shape index (κ1) is 19.5. The fourth-order valence-electron chi connectivity index (χ4n) is 1.96. The average Bonchev–Trinajstić information content (AvgIpc) is 2.46. The smallest absolute Gasteiger partial charge is 0.240 e. The van der Waals surface area contributed by atoms with Gasteiger partial charge in [0.05, 0.1) is 12.4 Å². The summed E-state index contributed by atoms with van der Waals surface area (Å²) < 4.78 is 26.2. The number of benzene rings is 1. The van der Waals surface area contributed by atoms with Gasteiger partial charge >= 0.3 is 0 Å². The van der Waals surface area contributed by atoms with Crippen LogP contribution in [0.15, 0.2) is 30.3 Å². The molecule has 0 radical (unpaired) electrons. The predicted molar refractivity (Wildman–Crippen MR) is 94.2 cm³/mol. The Morgan fingerprint density at radius 3 is 2.50 bits per heavy atom. The highest BCUT2D eigenvalue weighted by Crippen LogP contribution is 2.13. The Morgan fingerprint density at radius 2 is 1.91 bits per heavy atom. The second-order valence-corrected chi connectivity index (χ2v) is 8.48. The van der Waals surface area contributed by atoms with Crippen LogP contribution in [-0.2, 0) is 20.6 Å². The minimum absolute atomic E-state index is 0.0214. The molecule has 4 nitrogen and oxygen atoms in total. The van der Waals surface area contributed by atoms with Gasteiger partial charge in [-0.1, -0.05) is 48.6 Å². The number of rotatable bonds is 11. The minimum atomic E-state index is -3.45. The Kier molecular flexibility index (Phi) is 9.09. The minimum Gasteiger partial charge on any atom is -0.284 e. The van der Waals surface area contributed by atoms with Crippen molar-refractivity contribution in [1.82, 2.24) is 4.47 Å². The van der Waals surface area contributed by atoms with Gasteiger partial charge in [0.15, 0.2) is 0 Å². The van der Waals surface area contributed by atoms with Crippen molar-refractivity contribution < 1.29 is 13.3 Å². The zero-order chi connectivity index (χ0) is 16.4. The molecule has 6 heteroatoms. The van der Waals surface area contributed by atoms with Gasteiger partial charge in [-0.15, -0.1) is 0 Å². The maximum atomic E-state index is 12.5. The van der Waals surface area contributed by atoms with Gasteiger partial charge in [-0.25, -0.2) is 8.42 Å². The van der Waals surface area contributed by atoms with Crippen LogP contribution in [0.4, 0.5) is 0 Å². The SMILES string of the molecule is CSCCN(OCCCC(C)C)S(=O)(=O)Cc1ccccc1. The first-order chi connectivity index (χ1) is 10.5. The average molecular weight is 346 g/mol. The number of nitrogens with zero attached hydrogens (tertiary/aromatic N) is 1. The summed E-state index contributed by atoms with van der Waals surface area (Å²) in [6, 6.07) is 9.22. The van der Waals surface area contributed by atoms with Crippen LogP contribution in [0.25, 0.3) is 0 Å². The van der Waals surface area contributed by atoms with Gasteiger partial charge in [0, 0.05) is 12.3 Å². The van der Waals surface area contributed by atoms with Crippen molar-refractivity contribution in [3.8, 4) is 0 Å². The molecule has 1 rings (SSSR count). The zero-order valence-electron chi connectivity index (χ0n) is 13.7. The van der Waals surface area contributed by atoms with Crippen molar-refractivity contribution in [2.45, 2.75) is 32.4 Å². The lowest BCUT2D eigenvalue weighted by atomic mass is 10.1. The standard InChI is InChI=1S/C16H27NO3S2/c1-15(2)8-7-12-20-17(11-13-21-3)22(18,19)14-16-9-5-4-6-10-16/h4-6,9-10,15H,7-8,11-14H2,1-3H3. The normalized spacial score (nSPS) is 12.2. The van der Waals surface area contributed by atoms with Crippen molar-refractivity contribution in [3.63, 3.8) is 0 Å². The molecule has 0 aliphatic heterocycles. The number of sulfonamides is 1. The van der Waals surface area contributed by atoms with Gasteiger partial charge < -0.3 is 0 Å². The number of hydroxylamine groups is 1. The Bertz CT molecular complexity index is 503. The summed E-state index contributed by atoms with van der Waals surface area (Å²) >= 11 is 1.61. The molecule has 1 aromatic rings. The molecule has 126 valence electrons. The molecular formula is C16H27NO3S2. The Balaban J connectivity index is 2.63. The lowest BCUT2D eigenvalue weighted by molar-refractivity contribution is -0.0820. The van der Waals surface area contributed by atoms with Crippen LogP contribution < -0.4 is 0 Å². The maximum absolute atomic E-state index is 12.5. The predicted octanol–water partition coefficient (Wildman–Crippen LogP) is 3.55. The van der Waals surface area contributed by atoms with E-state index >= 15 is 0 Å². The molecule has 0 saturated carbocycles. The molecule has 0 aliphatic carbocycles. The van der Waals surface area contributed by atoms with Crippen LogP contribution >= 0.6 is 11.8 Å². The summed E-state index contributed by atoms with van der Waals surface area (Å²) in [7, 11) is -3.45. The molecule has 0 atom stereocenters. The highest BCUT2D eigenvalue weighted by Gasteiger charge is 2.23. The molecule has 0 amide bonds. The second-order valence-electron chi connectivity index (χ2n) is 5.63. The monoisotopic (exact) mass is 345 g/mol. The van der Waals surface area contributed by atoms with E-state index in [1.807, 2.05) is 36.6 Å². The Morgan fingerprint density at radius 1 is 1.23 bits per heavy atom. The maximum Gasteiger partial charge on any atom is 0.240 e. The second kappa shape index (κ2) is 10.3. The third kappa shape index (κ3) is 7.63. The molecule has 1 aromatic carbocycles. The van der Waals surface area contributed by atoms with Crippen LogP contribution in [0.5, 0.6) is 0 Å². The van der Waals surface area contributed by atoms with E-state index in [9.17, 15) is 8.42 Å². The zero-order valence-corrected chi connectivity index (χ0v) is 15.3. The van der Waals surface area contributed by atoms with Crippen molar-refractivity contribution in [2.24, 2.45) is 5.92 Å². The number of hydrogen-bond donors (Lipinski definition) is 0. The van der Waals surface area contributed by atoms with Crippen LogP contribution in [0.1, 0.15) is 32.3 Å². The van der Waals surface area contributed by atoms with Crippen LogP contribution in [0, 0.1) is 5.92 Å². The highest BCUT2D eigenvalue weighted by molar-refractivity contribution is 7.98. The van der Waals surface area contributed by atoms with Crippen LogP contribution in [-0.4, -0.2) is 38.0 Å². The van der Waals surface area contributed by atoms with Crippen molar-refractivity contribution in [2.75, 3.05) is 25.2 Å². The lowest BCUT2D eigenvalue weighted by Crippen LogP contribution is -2.34. The van der Waals surface area contributed by atoms with E-state index < -0.39 is 10.0 Å². The summed E-state index contributed by atoms with van der Waals surface area (Å²) in [6.45, 7) is 5.13. The quantitative estimate of drug-likeness (QED) is 0.454. The fourth-order valence-corrected chi connectivity index (χ4v) is 3.79. The molecule has 0 heterocycles.